The van der Waals surface area contributed by atoms with Crippen LogP contribution in [-0.4, -0.2) is 44.6 Å². The maximum absolute atomic E-state index is 12.8. The van der Waals surface area contributed by atoms with Gasteiger partial charge in [-0.25, -0.2) is 22.0 Å². The lowest BCUT2D eigenvalue weighted by Crippen LogP contribution is -2.45. The fourth-order valence-corrected chi connectivity index (χ4v) is 3.10. The van der Waals surface area contributed by atoms with E-state index in [9.17, 15) is 22.0 Å². The zero-order valence-corrected chi connectivity index (χ0v) is 13.4. The summed E-state index contributed by atoms with van der Waals surface area (Å²) in [5.41, 5.74) is 1.05. The van der Waals surface area contributed by atoms with Crippen molar-refractivity contribution in [3.05, 3.63) is 29.8 Å². The molecule has 0 spiro atoms. The van der Waals surface area contributed by atoms with E-state index in [1.807, 2.05) is 0 Å². The lowest BCUT2D eigenvalue weighted by Gasteiger charge is -2.24. The normalized spacial score (nSPS) is 18.3. The van der Waals surface area contributed by atoms with Gasteiger partial charge in [0.15, 0.2) is 0 Å². The van der Waals surface area contributed by atoms with Crippen molar-refractivity contribution in [2.24, 2.45) is 0 Å². The van der Waals surface area contributed by atoms with Crippen LogP contribution < -0.4 is 10.0 Å². The molecule has 1 heterocycles. The number of anilines is 1. The summed E-state index contributed by atoms with van der Waals surface area (Å²) in [5.74, 6) is 0. The second-order valence-electron chi connectivity index (χ2n) is 5.47. The summed E-state index contributed by atoms with van der Waals surface area (Å²) < 4.78 is 50.4. The van der Waals surface area contributed by atoms with Crippen molar-refractivity contribution in [2.45, 2.75) is 31.9 Å². The van der Waals surface area contributed by atoms with E-state index in [2.05, 4.69) is 10.0 Å². The van der Waals surface area contributed by atoms with Gasteiger partial charge in [-0.1, -0.05) is 12.1 Å². The number of nitrogens with one attached hydrogen (secondary N) is 2. The number of carbonyl (C=O) groups excluding carboxylic acids is 1. The van der Waals surface area contributed by atoms with Crippen LogP contribution in [0.3, 0.4) is 0 Å². The van der Waals surface area contributed by atoms with Crippen LogP contribution >= 0.6 is 0 Å². The molecule has 2 amide bonds. The van der Waals surface area contributed by atoms with Crippen LogP contribution in [-0.2, 0) is 16.6 Å². The Morgan fingerprint density at radius 3 is 2.83 bits per heavy atom. The molecule has 23 heavy (non-hydrogen) atoms. The number of nitrogens with zero attached hydrogens (tertiary/aromatic N) is 1. The molecule has 1 atom stereocenters. The first kappa shape index (κ1) is 17.5. The van der Waals surface area contributed by atoms with E-state index in [1.54, 1.807) is 24.3 Å². The predicted molar refractivity (Wildman–Crippen MR) is 82.9 cm³/mol. The quantitative estimate of drug-likeness (QED) is 0.855. The van der Waals surface area contributed by atoms with E-state index in [0.29, 0.717) is 30.6 Å². The standard InChI is InChI=1S/C14H19F2N3O3S/c1-23(21,22)18-11-5-2-4-10(8-11)9-17-14(20)19-7-3-6-12(19)13(15)16/h2,4-5,8,12-13,18H,3,6-7,9H2,1H3,(H,17,20)/t12-/m0/s1. The average Bonchev–Trinajstić information content (AvgIpc) is 2.93. The molecule has 0 bridgehead atoms. The van der Waals surface area contributed by atoms with Gasteiger partial charge >= 0.3 is 6.03 Å². The number of amides is 2. The van der Waals surface area contributed by atoms with Crippen molar-refractivity contribution in [2.75, 3.05) is 17.5 Å². The molecule has 2 N–H and O–H groups in total. The van der Waals surface area contributed by atoms with Crippen LogP contribution in [0.5, 0.6) is 0 Å². The number of urea groups is 1. The minimum Gasteiger partial charge on any atom is -0.334 e. The Labute approximate surface area is 133 Å². The van der Waals surface area contributed by atoms with Gasteiger partial charge in [-0.05, 0) is 30.5 Å². The highest BCUT2D eigenvalue weighted by molar-refractivity contribution is 7.92. The molecular weight excluding hydrogens is 328 g/mol. The number of hydrogen-bond donors (Lipinski definition) is 2. The highest BCUT2D eigenvalue weighted by Crippen LogP contribution is 2.23. The summed E-state index contributed by atoms with van der Waals surface area (Å²) >= 11 is 0. The van der Waals surface area contributed by atoms with Crippen molar-refractivity contribution in [3.63, 3.8) is 0 Å². The molecule has 1 fully saturated rings. The molecule has 0 aliphatic carbocycles. The first-order valence-electron chi connectivity index (χ1n) is 7.15. The van der Waals surface area contributed by atoms with Crippen LogP contribution in [0.4, 0.5) is 19.3 Å². The van der Waals surface area contributed by atoms with Crippen LogP contribution in [0.1, 0.15) is 18.4 Å². The third-order valence-electron chi connectivity index (χ3n) is 3.52. The first-order valence-corrected chi connectivity index (χ1v) is 9.05. The lowest BCUT2D eigenvalue weighted by atomic mass is 10.2. The molecule has 1 aromatic carbocycles. The molecule has 9 heteroatoms. The lowest BCUT2D eigenvalue weighted by molar-refractivity contribution is 0.0606. The summed E-state index contributed by atoms with van der Waals surface area (Å²) in [4.78, 5) is 13.2. The molecule has 128 valence electrons. The molecule has 2 rings (SSSR count). The first-order chi connectivity index (χ1) is 10.8. The number of hydrogen-bond acceptors (Lipinski definition) is 3. The van der Waals surface area contributed by atoms with E-state index in [-0.39, 0.29) is 6.54 Å². The minimum absolute atomic E-state index is 0.130. The monoisotopic (exact) mass is 347 g/mol. The zero-order chi connectivity index (χ0) is 17.0. The largest absolute Gasteiger partial charge is 0.334 e. The van der Waals surface area contributed by atoms with E-state index in [4.69, 9.17) is 0 Å². The van der Waals surface area contributed by atoms with Gasteiger partial charge in [-0.2, -0.15) is 0 Å². The molecule has 0 radical (unpaired) electrons. The Hall–Kier alpha value is -1.90. The Morgan fingerprint density at radius 2 is 2.17 bits per heavy atom. The highest BCUT2D eigenvalue weighted by Gasteiger charge is 2.34. The van der Waals surface area contributed by atoms with E-state index >= 15 is 0 Å². The van der Waals surface area contributed by atoms with Gasteiger partial charge < -0.3 is 10.2 Å². The molecule has 6 nitrogen and oxygen atoms in total. The Balaban J connectivity index is 1.95. The number of sulfonamides is 1. The van der Waals surface area contributed by atoms with E-state index in [1.165, 1.54) is 0 Å². The van der Waals surface area contributed by atoms with Crippen molar-refractivity contribution in [3.8, 4) is 0 Å². The number of carbonyl (C=O) groups is 1. The Kier molecular flexibility index (Phi) is 5.40. The zero-order valence-electron chi connectivity index (χ0n) is 12.6. The molecule has 1 aliphatic rings. The Morgan fingerprint density at radius 1 is 1.43 bits per heavy atom. The molecule has 1 saturated heterocycles. The number of benzene rings is 1. The van der Waals surface area contributed by atoms with Gasteiger partial charge in [0.1, 0.15) is 0 Å². The maximum atomic E-state index is 12.8. The van der Waals surface area contributed by atoms with Crippen LogP contribution in [0, 0.1) is 0 Å². The van der Waals surface area contributed by atoms with Gasteiger partial charge in [0, 0.05) is 18.8 Å². The topological polar surface area (TPSA) is 78.5 Å². The summed E-state index contributed by atoms with van der Waals surface area (Å²) in [6, 6.07) is 4.95. The van der Waals surface area contributed by atoms with Crippen molar-refractivity contribution in [1.29, 1.82) is 0 Å². The third kappa shape index (κ3) is 5.05. The smallest absolute Gasteiger partial charge is 0.318 e. The van der Waals surface area contributed by atoms with E-state index < -0.39 is 28.5 Å². The van der Waals surface area contributed by atoms with Crippen LogP contribution in [0.15, 0.2) is 24.3 Å². The van der Waals surface area contributed by atoms with Gasteiger partial charge in [-0.15, -0.1) is 0 Å². The van der Waals surface area contributed by atoms with Gasteiger partial charge in [0.05, 0.1) is 12.3 Å². The molecular formula is C14H19F2N3O3S. The summed E-state index contributed by atoms with van der Waals surface area (Å²) in [7, 11) is -3.38. The van der Waals surface area contributed by atoms with Crippen LogP contribution in [0.25, 0.3) is 0 Å². The van der Waals surface area contributed by atoms with Gasteiger partial charge in [0.2, 0.25) is 10.0 Å². The molecule has 0 aromatic heterocycles. The number of rotatable bonds is 5. The number of halogens is 2. The number of alkyl halides is 2. The molecule has 0 unspecified atom stereocenters. The fraction of sp³-hybridized carbons (Fsp3) is 0.500. The summed E-state index contributed by atoms with van der Waals surface area (Å²) in [5, 5.41) is 2.59. The fourth-order valence-electron chi connectivity index (χ4n) is 2.54. The summed E-state index contributed by atoms with van der Waals surface area (Å²) in [6.45, 7) is 0.446. The van der Waals surface area contributed by atoms with Crippen LogP contribution in [0.2, 0.25) is 0 Å². The van der Waals surface area contributed by atoms with Gasteiger partial charge in [0.25, 0.3) is 6.43 Å². The van der Waals surface area contributed by atoms with Crippen molar-refractivity contribution in [1.82, 2.24) is 10.2 Å². The van der Waals surface area contributed by atoms with Crippen molar-refractivity contribution < 1.29 is 22.0 Å². The molecule has 0 saturated carbocycles. The maximum Gasteiger partial charge on any atom is 0.318 e. The average molecular weight is 347 g/mol. The second kappa shape index (κ2) is 7.12. The molecule has 1 aromatic rings. The highest BCUT2D eigenvalue weighted by atomic mass is 32.2. The van der Waals surface area contributed by atoms with Gasteiger partial charge in [-0.3, -0.25) is 4.72 Å². The minimum atomic E-state index is -3.38. The Bertz CT molecular complexity index is 667. The second-order valence-corrected chi connectivity index (χ2v) is 7.22. The number of likely N-dealkylation sites (tertiary alicyclic amines) is 1. The third-order valence-corrected chi connectivity index (χ3v) is 4.13. The predicted octanol–water partition coefficient (Wildman–Crippen LogP) is 2.00. The SMILES string of the molecule is CS(=O)(=O)Nc1cccc(CNC(=O)N2CCC[C@H]2C(F)F)c1. The molecule has 1 aliphatic heterocycles. The van der Waals surface area contributed by atoms with Crippen molar-refractivity contribution >= 4 is 21.7 Å². The van der Waals surface area contributed by atoms with E-state index in [0.717, 1.165) is 11.2 Å². The summed E-state index contributed by atoms with van der Waals surface area (Å²) in [6.07, 6.45) is -0.639.